The molecule has 1 fully saturated rings. The molecule has 0 bridgehead atoms. The standard InChI is InChI=1S/C27H34ClFN6O2/c1-16(2)25(31)27(37)32-9-5-6-18-7-8-22(35-12-10-34(4)11-13-35)21(14-18)33-26(36)19-15-20(30)24(29)17(3)23(19)28/h7-8,14-16,25H,9-13,30-31H2,1-4H3,(H,32,37)(H,33,36). The Bertz CT molecular complexity index is 1230. The third kappa shape index (κ3) is 6.92. The van der Waals surface area contributed by atoms with E-state index in [0.717, 1.165) is 31.9 Å². The molecule has 37 heavy (non-hydrogen) atoms. The molecule has 1 unspecified atom stereocenters. The maximum absolute atomic E-state index is 14.1. The summed E-state index contributed by atoms with van der Waals surface area (Å²) in [5.74, 6) is 4.56. The van der Waals surface area contributed by atoms with E-state index in [4.69, 9.17) is 23.1 Å². The van der Waals surface area contributed by atoms with Crippen LogP contribution in [-0.2, 0) is 4.79 Å². The largest absolute Gasteiger partial charge is 0.396 e. The second-order valence-corrected chi connectivity index (χ2v) is 9.91. The lowest BCUT2D eigenvalue weighted by Crippen LogP contribution is -2.44. The van der Waals surface area contributed by atoms with Crippen LogP contribution in [-0.4, -0.2) is 62.5 Å². The number of likely N-dealkylation sites (N-methyl/N-ethyl adjacent to an activating group) is 1. The number of carbonyl (C=O) groups excluding carboxylic acids is 2. The van der Waals surface area contributed by atoms with Gasteiger partial charge in [-0.25, -0.2) is 4.39 Å². The Hall–Kier alpha value is -3.32. The maximum atomic E-state index is 14.1. The number of hydrogen-bond acceptors (Lipinski definition) is 6. The topological polar surface area (TPSA) is 117 Å². The molecule has 0 saturated carbocycles. The highest BCUT2D eigenvalue weighted by Gasteiger charge is 2.22. The third-order valence-corrected chi connectivity index (χ3v) is 6.87. The van der Waals surface area contributed by atoms with Gasteiger partial charge in [-0.05, 0) is 44.2 Å². The van der Waals surface area contributed by atoms with Gasteiger partial charge in [-0.1, -0.05) is 37.3 Å². The van der Waals surface area contributed by atoms with Crippen LogP contribution in [0.3, 0.4) is 0 Å². The van der Waals surface area contributed by atoms with Gasteiger partial charge in [0.2, 0.25) is 5.91 Å². The fraction of sp³-hybridized carbons (Fsp3) is 0.407. The van der Waals surface area contributed by atoms with E-state index >= 15 is 0 Å². The summed E-state index contributed by atoms with van der Waals surface area (Å²) >= 11 is 6.28. The Morgan fingerprint density at radius 1 is 1.19 bits per heavy atom. The number of anilines is 3. The molecule has 1 saturated heterocycles. The molecule has 0 aliphatic carbocycles. The molecule has 10 heteroatoms. The van der Waals surface area contributed by atoms with Crippen LogP contribution in [0.1, 0.15) is 35.3 Å². The van der Waals surface area contributed by atoms with Crippen LogP contribution in [0.4, 0.5) is 21.5 Å². The highest BCUT2D eigenvalue weighted by Crippen LogP contribution is 2.31. The number of hydrogen-bond donors (Lipinski definition) is 4. The van der Waals surface area contributed by atoms with Crippen molar-refractivity contribution in [3.63, 3.8) is 0 Å². The Kier molecular flexibility index (Phi) is 9.38. The van der Waals surface area contributed by atoms with Crippen LogP contribution in [0.2, 0.25) is 5.02 Å². The number of piperazine rings is 1. The van der Waals surface area contributed by atoms with Crippen molar-refractivity contribution in [2.24, 2.45) is 11.7 Å². The second kappa shape index (κ2) is 12.3. The lowest BCUT2D eigenvalue weighted by molar-refractivity contribution is -0.122. The van der Waals surface area contributed by atoms with Gasteiger partial charge in [-0.2, -0.15) is 0 Å². The Labute approximate surface area is 222 Å². The first-order valence-corrected chi connectivity index (χ1v) is 12.5. The van der Waals surface area contributed by atoms with Crippen molar-refractivity contribution < 1.29 is 14.0 Å². The normalized spacial score (nSPS) is 14.6. The van der Waals surface area contributed by atoms with E-state index in [1.807, 2.05) is 26.0 Å². The zero-order chi connectivity index (χ0) is 27.3. The Morgan fingerprint density at radius 3 is 2.51 bits per heavy atom. The van der Waals surface area contributed by atoms with Gasteiger partial charge in [-0.3, -0.25) is 9.59 Å². The van der Waals surface area contributed by atoms with Crippen LogP contribution >= 0.6 is 11.6 Å². The molecule has 3 rings (SSSR count). The zero-order valence-electron chi connectivity index (χ0n) is 21.6. The number of benzene rings is 2. The van der Waals surface area contributed by atoms with Crippen molar-refractivity contribution in [3.8, 4) is 11.8 Å². The fourth-order valence-electron chi connectivity index (χ4n) is 3.89. The average Bonchev–Trinajstić information content (AvgIpc) is 2.87. The molecule has 0 spiro atoms. The van der Waals surface area contributed by atoms with E-state index < -0.39 is 17.8 Å². The van der Waals surface area contributed by atoms with Crippen LogP contribution in [0, 0.1) is 30.5 Å². The van der Waals surface area contributed by atoms with Crippen molar-refractivity contribution in [2.45, 2.75) is 26.8 Å². The summed E-state index contributed by atoms with van der Waals surface area (Å²) in [5, 5.41) is 5.64. The summed E-state index contributed by atoms with van der Waals surface area (Å²) < 4.78 is 14.1. The summed E-state index contributed by atoms with van der Waals surface area (Å²) in [6.45, 7) is 8.71. The molecule has 1 atom stereocenters. The summed E-state index contributed by atoms with van der Waals surface area (Å²) in [7, 11) is 2.06. The quantitative estimate of drug-likeness (QED) is 0.338. The zero-order valence-corrected chi connectivity index (χ0v) is 22.4. The number of halogens is 2. The minimum absolute atomic E-state index is 0.0108. The van der Waals surface area contributed by atoms with Gasteiger partial charge < -0.3 is 31.9 Å². The van der Waals surface area contributed by atoms with Crippen molar-refractivity contribution in [1.82, 2.24) is 10.2 Å². The predicted octanol–water partition coefficient (Wildman–Crippen LogP) is 2.82. The first-order chi connectivity index (χ1) is 17.5. The lowest BCUT2D eigenvalue weighted by atomic mass is 10.1. The summed E-state index contributed by atoms with van der Waals surface area (Å²) in [5.41, 5.74) is 13.7. The molecule has 1 heterocycles. The molecule has 2 aromatic rings. The van der Waals surface area contributed by atoms with Crippen molar-refractivity contribution in [3.05, 3.63) is 51.8 Å². The van der Waals surface area contributed by atoms with E-state index in [2.05, 4.69) is 39.3 Å². The highest BCUT2D eigenvalue weighted by molar-refractivity contribution is 6.35. The average molecular weight is 529 g/mol. The first-order valence-electron chi connectivity index (χ1n) is 12.1. The number of carbonyl (C=O) groups is 2. The first kappa shape index (κ1) is 28.3. The van der Waals surface area contributed by atoms with E-state index in [1.165, 1.54) is 13.0 Å². The molecule has 2 aromatic carbocycles. The third-order valence-electron chi connectivity index (χ3n) is 6.39. The second-order valence-electron chi connectivity index (χ2n) is 9.53. The minimum atomic E-state index is -0.640. The van der Waals surface area contributed by atoms with Gasteiger partial charge in [0.25, 0.3) is 5.91 Å². The molecular formula is C27H34ClFN6O2. The molecule has 0 aromatic heterocycles. The maximum Gasteiger partial charge on any atom is 0.257 e. The van der Waals surface area contributed by atoms with Crippen molar-refractivity contribution in [2.75, 3.05) is 55.7 Å². The minimum Gasteiger partial charge on any atom is -0.396 e. The van der Waals surface area contributed by atoms with Gasteiger partial charge in [-0.15, -0.1) is 0 Å². The lowest BCUT2D eigenvalue weighted by Gasteiger charge is -2.35. The number of nitrogen functional groups attached to an aromatic ring is 1. The van der Waals surface area contributed by atoms with Crippen LogP contribution in [0.25, 0.3) is 0 Å². The number of amides is 2. The number of nitrogens with two attached hydrogens (primary N) is 2. The molecule has 1 aliphatic rings. The van der Waals surface area contributed by atoms with E-state index in [1.54, 1.807) is 6.07 Å². The molecule has 8 nitrogen and oxygen atoms in total. The van der Waals surface area contributed by atoms with Gasteiger partial charge >= 0.3 is 0 Å². The summed E-state index contributed by atoms with van der Waals surface area (Å²) in [6.07, 6.45) is 0. The number of nitrogens with zero attached hydrogens (tertiary/aromatic N) is 2. The van der Waals surface area contributed by atoms with Gasteiger partial charge in [0.05, 0.1) is 40.2 Å². The van der Waals surface area contributed by atoms with Crippen LogP contribution < -0.4 is 27.0 Å². The smallest absolute Gasteiger partial charge is 0.257 e. The van der Waals surface area contributed by atoms with Gasteiger partial charge in [0.1, 0.15) is 0 Å². The fourth-order valence-corrected chi connectivity index (χ4v) is 4.11. The summed E-state index contributed by atoms with van der Waals surface area (Å²) in [4.78, 5) is 29.7. The molecule has 1 aliphatic heterocycles. The number of nitrogens with one attached hydrogen (secondary N) is 2. The highest BCUT2D eigenvalue weighted by atomic mass is 35.5. The molecule has 6 N–H and O–H groups in total. The molecule has 198 valence electrons. The van der Waals surface area contributed by atoms with Crippen LogP contribution in [0.15, 0.2) is 24.3 Å². The van der Waals surface area contributed by atoms with E-state index in [0.29, 0.717) is 11.3 Å². The van der Waals surface area contributed by atoms with E-state index in [-0.39, 0.29) is 40.2 Å². The Balaban J connectivity index is 1.87. The van der Waals surface area contributed by atoms with Gasteiger partial charge in [0.15, 0.2) is 5.82 Å². The monoisotopic (exact) mass is 528 g/mol. The Morgan fingerprint density at radius 2 is 1.86 bits per heavy atom. The predicted molar refractivity (Wildman–Crippen MR) is 147 cm³/mol. The van der Waals surface area contributed by atoms with Crippen molar-refractivity contribution >= 4 is 40.5 Å². The van der Waals surface area contributed by atoms with Gasteiger partial charge in [0, 0.05) is 37.3 Å². The van der Waals surface area contributed by atoms with Crippen LogP contribution in [0.5, 0.6) is 0 Å². The van der Waals surface area contributed by atoms with E-state index in [9.17, 15) is 14.0 Å². The molecule has 0 radical (unpaired) electrons. The number of rotatable bonds is 6. The summed E-state index contributed by atoms with van der Waals surface area (Å²) in [6, 6.07) is 6.19. The van der Waals surface area contributed by atoms with Crippen molar-refractivity contribution in [1.29, 1.82) is 0 Å². The SMILES string of the molecule is Cc1c(F)c(N)cc(C(=O)Nc2cc(C#CCNC(=O)C(N)C(C)C)ccc2N2CCN(C)CC2)c1Cl. The molecular weight excluding hydrogens is 495 g/mol. The molecule has 2 amide bonds.